The zero-order valence-corrected chi connectivity index (χ0v) is 13.3. The highest BCUT2D eigenvalue weighted by Gasteiger charge is 2.23. The van der Waals surface area contributed by atoms with Crippen LogP contribution in [0.1, 0.15) is 31.4 Å². The molecule has 1 atom stereocenters. The molecule has 1 aliphatic rings. The molecular weight excluding hydrogens is 287 g/mol. The Morgan fingerprint density at radius 3 is 2.62 bits per heavy atom. The van der Waals surface area contributed by atoms with E-state index in [4.69, 9.17) is 0 Å². The Hall–Kier alpha value is -1.07. The van der Waals surface area contributed by atoms with Crippen LogP contribution in [-0.4, -0.2) is 41.9 Å². The molecule has 5 heteroatoms. The van der Waals surface area contributed by atoms with Crippen LogP contribution < -0.4 is 5.32 Å². The second kappa shape index (κ2) is 8.39. The zero-order valence-electron chi connectivity index (χ0n) is 12.5. The highest BCUT2D eigenvalue weighted by Crippen LogP contribution is 2.24. The maximum Gasteiger partial charge on any atom is 0.230 e. The van der Waals surface area contributed by atoms with Crippen LogP contribution in [0, 0.1) is 5.82 Å². The van der Waals surface area contributed by atoms with Gasteiger partial charge in [-0.3, -0.25) is 9.69 Å². The van der Waals surface area contributed by atoms with Gasteiger partial charge in [0.15, 0.2) is 0 Å². The van der Waals surface area contributed by atoms with Crippen molar-refractivity contribution in [2.75, 3.05) is 31.1 Å². The molecule has 1 aromatic carbocycles. The summed E-state index contributed by atoms with van der Waals surface area (Å²) in [5.41, 5.74) is 1.07. The fraction of sp³-hybridized carbons (Fsp3) is 0.562. The Labute approximate surface area is 130 Å². The largest absolute Gasteiger partial charge is 0.353 e. The third-order valence-corrected chi connectivity index (χ3v) is 4.64. The number of nitrogens with one attached hydrogen (secondary N) is 1. The van der Waals surface area contributed by atoms with Crippen LogP contribution in [0.2, 0.25) is 0 Å². The Kier molecular flexibility index (Phi) is 6.51. The molecule has 116 valence electrons. The van der Waals surface area contributed by atoms with E-state index >= 15 is 0 Å². The Bertz CT molecular complexity index is 446. The Morgan fingerprint density at radius 2 is 2.00 bits per heavy atom. The summed E-state index contributed by atoms with van der Waals surface area (Å²) in [5.74, 6) is 1.31. The summed E-state index contributed by atoms with van der Waals surface area (Å²) in [6.07, 6.45) is 2.38. The van der Waals surface area contributed by atoms with E-state index < -0.39 is 0 Å². The summed E-state index contributed by atoms with van der Waals surface area (Å²) in [5, 5.41) is 3.01. The SMILES string of the molecule is CCSCC(=O)NCC(c1ccc(F)cc1)N1CCCC1. The van der Waals surface area contributed by atoms with Crippen LogP contribution >= 0.6 is 11.8 Å². The van der Waals surface area contributed by atoms with Crippen LogP contribution in [0.25, 0.3) is 0 Å². The van der Waals surface area contributed by atoms with E-state index in [0.29, 0.717) is 12.3 Å². The topological polar surface area (TPSA) is 32.3 Å². The average Bonchev–Trinajstić information content (AvgIpc) is 3.01. The number of hydrogen-bond acceptors (Lipinski definition) is 3. The minimum absolute atomic E-state index is 0.0770. The lowest BCUT2D eigenvalue weighted by molar-refractivity contribution is -0.118. The molecule has 1 N–H and O–H groups in total. The smallest absolute Gasteiger partial charge is 0.230 e. The first kappa shape index (κ1) is 16.3. The van der Waals surface area contributed by atoms with Crippen molar-refractivity contribution in [3.05, 3.63) is 35.6 Å². The van der Waals surface area contributed by atoms with Crippen LogP contribution in [0.4, 0.5) is 4.39 Å². The normalized spacial score (nSPS) is 16.9. The fourth-order valence-electron chi connectivity index (χ4n) is 2.65. The lowest BCUT2D eigenvalue weighted by Gasteiger charge is -2.28. The molecule has 1 fully saturated rings. The van der Waals surface area contributed by atoms with Crippen molar-refractivity contribution in [3.63, 3.8) is 0 Å². The molecule has 2 rings (SSSR count). The summed E-state index contributed by atoms with van der Waals surface area (Å²) in [6.45, 7) is 4.72. The number of thioether (sulfide) groups is 1. The van der Waals surface area contributed by atoms with Crippen LogP contribution in [0.5, 0.6) is 0 Å². The number of hydrogen-bond donors (Lipinski definition) is 1. The number of carbonyl (C=O) groups excluding carboxylic acids is 1. The van der Waals surface area contributed by atoms with Crippen molar-refractivity contribution in [1.82, 2.24) is 10.2 Å². The summed E-state index contributed by atoms with van der Waals surface area (Å²) in [7, 11) is 0. The van der Waals surface area contributed by atoms with Crippen LogP contribution in [0.3, 0.4) is 0 Å². The number of carbonyl (C=O) groups is 1. The molecule has 1 saturated heterocycles. The Morgan fingerprint density at radius 1 is 1.33 bits per heavy atom. The molecule has 1 amide bonds. The highest BCUT2D eigenvalue weighted by atomic mass is 32.2. The molecule has 0 aliphatic carbocycles. The van der Waals surface area contributed by atoms with Gasteiger partial charge < -0.3 is 5.32 Å². The van der Waals surface area contributed by atoms with Gasteiger partial charge in [0.25, 0.3) is 0 Å². The van der Waals surface area contributed by atoms with E-state index in [0.717, 1.165) is 24.4 Å². The quantitative estimate of drug-likeness (QED) is 0.840. The van der Waals surface area contributed by atoms with Crippen molar-refractivity contribution in [2.24, 2.45) is 0 Å². The first-order valence-corrected chi connectivity index (χ1v) is 8.70. The third kappa shape index (κ3) is 5.00. The average molecular weight is 310 g/mol. The monoisotopic (exact) mass is 310 g/mol. The van der Waals surface area contributed by atoms with Gasteiger partial charge in [-0.05, 0) is 49.4 Å². The lowest BCUT2D eigenvalue weighted by atomic mass is 10.1. The van der Waals surface area contributed by atoms with E-state index in [-0.39, 0.29) is 17.8 Å². The molecular formula is C16H23FN2OS. The van der Waals surface area contributed by atoms with Gasteiger partial charge in [0, 0.05) is 6.54 Å². The van der Waals surface area contributed by atoms with E-state index in [2.05, 4.69) is 10.2 Å². The summed E-state index contributed by atoms with van der Waals surface area (Å²) in [4.78, 5) is 14.2. The maximum absolute atomic E-state index is 13.1. The second-order valence-corrected chi connectivity index (χ2v) is 6.53. The van der Waals surface area contributed by atoms with Crippen LogP contribution in [0.15, 0.2) is 24.3 Å². The van der Waals surface area contributed by atoms with E-state index in [1.54, 1.807) is 11.8 Å². The minimum Gasteiger partial charge on any atom is -0.353 e. The summed E-state index contributed by atoms with van der Waals surface area (Å²) < 4.78 is 13.1. The second-order valence-electron chi connectivity index (χ2n) is 5.25. The van der Waals surface area contributed by atoms with Crippen LogP contribution in [-0.2, 0) is 4.79 Å². The molecule has 0 spiro atoms. The van der Waals surface area contributed by atoms with Crippen molar-refractivity contribution >= 4 is 17.7 Å². The predicted octanol–water partition coefficient (Wildman–Crippen LogP) is 2.83. The number of amides is 1. The standard InChI is InChI=1S/C16H23FN2OS/c1-2-21-12-16(20)18-11-15(19-9-3-4-10-19)13-5-7-14(17)8-6-13/h5-8,15H,2-4,9-12H2,1H3,(H,18,20). The van der Waals surface area contributed by atoms with Crippen molar-refractivity contribution < 1.29 is 9.18 Å². The molecule has 0 saturated carbocycles. The van der Waals surface area contributed by atoms with Crippen molar-refractivity contribution in [3.8, 4) is 0 Å². The summed E-state index contributed by atoms with van der Waals surface area (Å²) in [6, 6.07) is 6.78. The van der Waals surface area contributed by atoms with Gasteiger partial charge in [-0.15, -0.1) is 0 Å². The van der Waals surface area contributed by atoms with E-state index in [9.17, 15) is 9.18 Å². The van der Waals surface area contributed by atoms with Gasteiger partial charge in [0.05, 0.1) is 11.8 Å². The van der Waals surface area contributed by atoms with Gasteiger partial charge >= 0.3 is 0 Å². The van der Waals surface area contributed by atoms with Gasteiger partial charge in [-0.2, -0.15) is 11.8 Å². The van der Waals surface area contributed by atoms with Crippen molar-refractivity contribution in [2.45, 2.75) is 25.8 Å². The molecule has 0 radical (unpaired) electrons. The maximum atomic E-state index is 13.1. The first-order chi connectivity index (χ1) is 10.2. The molecule has 1 unspecified atom stereocenters. The minimum atomic E-state index is -0.220. The molecule has 1 aliphatic heterocycles. The van der Waals surface area contributed by atoms with E-state index in [1.807, 2.05) is 19.1 Å². The molecule has 0 aromatic heterocycles. The van der Waals surface area contributed by atoms with Gasteiger partial charge in [0.2, 0.25) is 5.91 Å². The Balaban J connectivity index is 1.98. The number of rotatable bonds is 7. The molecule has 1 heterocycles. The molecule has 3 nitrogen and oxygen atoms in total. The van der Waals surface area contributed by atoms with E-state index in [1.165, 1.54) is 25.0 Å². The number of halogens is 1. The predicted molar refractivity (Wildman–Crippen MR) is 86.0 cm³/mol. The van der Waals surface area contributed by atoms with Gasteiger partial charge in [-0.1, -0.05) is 19.1 Å². The fourth-order valence-corrected chi connectivity index (χ4v) is 3.14. The zero-order chi connectivity index (χ0) is 15.1. The number of nitrogens with zero attached hydrogens (tertiary/aromatic N) is 1. The molecule has 0 bridgehead atoms. The van der Waals surface area contributed by atoms with Crippen molar-refractivity contribution in [1.29, 1.82) is 0 Å². The van der Waals surface area contributed by atoms with Gasteiger partial charge in [-0.25, -0.2) is 4.39 Å². The lowest BCUT2D eigenvalue weighted by Crippen LogP contribution is -2.37. The third-order valence-electron chi connectivity index (χ3n) is 3.77. The molecule has 1 aromatic rings. The summed E-state index contributed by atoms with van der Waals surface area (Å²) >= 11 is 1.62. The van der Waals surface area contributed by atoms with Gasteiger partial charge in [0.1, 0.15) is 5.82 Å². The molecule has 21 heavy (non-hydrogen) atoms. The highest BCUT2D eigenvalue weighted by molar-refractivity contribution is 7.99. The number of likely N-dealkylation sites (tertiary alicyclic amines) is 1. The first-order valence-electron chi connectivity index (χ1n) is 7.54. The number of benzene rings is 1.